The molecule has 0 spiro atoms. The van der Waals surface area contributed by atoms with E-state index in [9.17, 15) is 4.79 Å². The van der Waals surface area contributed by atoms with Crippen LogP contribution in [0.3, 0.4) is 0 Å². The third kappa shape index (κ3) is 3.43. The molecular formula is C18H23ClN2O2. The second kappa shape index (κ2) is 7.20. The number of amides is 1. The van der Waals surface area contributed by atoms with E-state index < -0.39 is 5.54 Å². The van der Waals surface area contributed by atoms with Crippen LogP contribution in [0.15, 0.2) is 36.4 Å². The molecule has 1 fully saturated rings. The maximum Gasteiger partial charge on any atom is 0.240 e. The van der Waals surface area contributed by atoms with Crippen LogP contribution in [0.1, 0.15) is 31.2 Å². The van der Waals surface area contributed by atoms with Gasteiger partial charge in [-0.1, -0.05) is 43.2 Å². The summed E-state index contributed by atoms with van der Waals surface area (Å²) < 4.78 is 5.45. The second-order valence-electron chi connectivity index (χ2n) is 6.01. The molecule has 0 heterocycles. The Bertz CT molecular complexity index is 696. The predicted molar refractivity (Wildman–Crippen MR) is 95.0 cm³/mol. The van der Waals surface area contributed by atoms with Crippen molar-refractivity contribution in [2.75, 3.05) is 7.11 Å². The highest BCUT2D eigenvalue weighted by molar-refractivity contribution is 5.89. The average Bonchev–Trinajstić information content (AvgIpc) is 3.00. The third-order valence-corrected chi connectivity index (χ3v) is 4.59. The van der Waals surface area contributed by atoms with Crippen LogP contribution in [-0.2, 0) is 11.3 Å². The van der Waals surface area contributed by atoms with E-state index in [0.717, 1.165) is 47.8 Å². The number of methoxy groups -OCH3 is 1. The normalized spacial score (nSPS) is 15.9. The molecule has 4 nitrogen and oxygen atoms in total. The Morgan fingerprint density at radius 2 is 1.91 bits per heavy atom. The zero-order valence-electron chi connectivity index (χ0n) is 13.3. The van der Waals surface area contributed by atoms with Gasteiger partial charge in [-0.3, -0.25) is 4.79 Å². The van der Waals surface area contributed by atoms with Crippen LogP contribution in [0.25, 0.3) is 10.8 Å². The van der Waals surface area contributed by atoms with Crippen molar-refractivity contribution in [3.05, 3.63) is 42.0 Å². The first kappa shape index (κ1) is 17.6. The number of nitrogens with one attached hydrogen (secondary N) is 1. The van der Waals surface area contributed by atoms with E-state index in [1.807, 2.05) is 30.3 Å². The molecule has 0 atom stereocenters. The largest absolute Gasteiger partial charge is 0.496 e. The SMILES string of the molecule is COc1ccc2ccccc2c1CNC(=O)C1(N)CCCC1.Cl. The smallest absolute Gasteiger partial charge is 0.240 e. The number of rotatable bonds is 4. The van der Waals surface area contributed by atoms with Gasteiger partial charge in [0.05, 0.1) is 12.6 Å². The number of carbonyl (C=O) groups is 1. The number of fused-ring (bicyclic) bond motifs is 1. The number of hydrogen-bond acceptors (Lipinski definition) is 3. The Hall–Kier alpha value is -1.78. The fraction of sp³-hybridized carbons (Fsp3) is 0.389. The minimum Gasteiger partial charge on any atom is -0.496 e. The zero-order valence-corrected chi connectivity index (χ0v) is 14.1. The lowest BCUT2D eigenvalue weighted by Crippen LogP contribution is -2.51. The van der Waals surface area contributed by atoms with Gasteiger partial charge in [0.15, 0.2) is 0 Å². The molecule has 0 radical (unpaired) electrons. The van der Waals surface area contributed by atoms with Gasteiger partial charge in [-0.25, -0.2) is 0 Å². The molecule has 0 saturated heterocycles. The molecule has 0 aliphatic heterocycles. The van der Waals surface area contributed by atoms with Crippen molar-refractivity contribution in [3.8, 4) is 5.75 Å². The lowest BCUT2D eigenvalue weighted by atomic mass is 9.97. The summed E-state index contributed by atoms with van der Waals surface area (Å²) in [6, 6.07) is 12.1. The van der Waals surface area contributed by atoms with Crippen LogP contribution in [0.4, 0.5) is 0 Å². The van der Waals surface area contributed by atoms with E-state index in [0.29, 0.717) is 6.54 Å². The molecule has 5 heteroatoms. The minimum absolute atomic E-state index is 0. The maximum atomic E-state index is 12.4. The fourth-order valence-electron chi connectivity index (χ4n) is 3.27. The van der Waals surface area contributed by atoms with Gasteiger partial charge in [0.2, 0.25) is 5.91 Å². The van der Waals surface area contributed by atoms with E-state index in [1.165, 1.54) is 0 Å². The summed E-state index contributed by atoms with van der Waals surface area (Å²) in [5.41, 5.74) is 6.51. The molecule has 23 heavy (non-hydrogen) atoms. The minimum atomic E-state index is -0.697. The third-order valence-electron chi connectivity index (χ3n) is 4.59. The topological polar surface area (TPSA) is 64.3 Å². The summed E-state index contributed by atoms with van der Waals surface area (Å²) in [7, 11) is 1.65. The molecule has 1 aliphatic rings. The van der Waals surface area contributed by atoms with Crippen LogP contribution in [0.2, 0.25) is 0 Å². The molecular weight excluding hydrogens is 312 g/mol. The number of hydrogen-bond donors (Lipinski definition) is 2. The fourth-order valence-corrected chi connectivity index (χ4v) is 3.27. The molecule has 1 saturated carbocycles. The predicted octanol–water partition coefficient (Wildman–Crippen LogP) is 3.16. The van der Waals surface area contributed by atoms with Crippen LogP contribution in [0.5, 0.6) is 5.75 Å². The first-order valence-corrected chi connectivity index (χ1v) is 7.76. The van der Waals surface area contributed by atoms with Gasteiger partial charge >= 0.3 is 0 Å². The van der Waals surface area contributed by atoms with Crippen LogP contribution in [-0.4, -0.2) is 18.6 Å². The first-order valence-electron chi connectivity index (χ1n) is 7.76. The van der Waals surface area contributed by atoms with Gasteiger partial charge in [-0.05, 0) is 29.7 Å². The van der Waals surface area contributed by atoms with Gasteiger partial charge in [-0.15, -0.1) is 12.4 Å². The number of benzene rings is 2. The van der Waals surface area contributed by atoms with E-state index in [2.05, 4.69) is 11.4 Å². The molecule has 1 aliphatic carbocycles. The molecule has 3 N–H and O–H groups in total. The summed E-state index contributed by atoms with van der Waals surface area (Å²) in [5, 5.41) is 5.24. The lowest BCUT2D eigenvalue weighted by molar-refractivity contribution is -0.126. The first-order chi connectivity index (χ1) is 10.6. The standard InChI is InChI=1S/C18H22N2O2.ClH/c1-22-16-9-8-13-6-2-3-7-14(13)15(16)12-20-17(21)18(19)10-4-5-11-18;/h2-3,6-9H,4-5,10-12,19H2,1H3,(H,20,21);1H. The average molecular weight is 335 g/mol. The maximum absolute atomic E-state index is 12.4. The number of nitrogens with two attached hydrogens (primary N) is 1. The quantitative estimate of drug-likeness (QED) is 0.902. The Labute approximate surface area is 142 Å². The Kier molecular flexibility index (Phi) is 5.50. The molecule has 2 aromatic rings. The molecule has 3 rings (SSSR count). The van der Waals surface area contributed by atoms with Crippen molar-refractivity contribution in [1.82, 2.24) is 5.32 Å². The van der Waals surface area contributed by atoms with Crippen molar-refractivity contribution in [2.24, 2.45) is 5.73 Å². The van der Waals surface area contributed by atoms with Gasteiger partial charge in [0, 0.05) is 12.1 Å². The summed E-state index contributed by atoms with van der Waals surface area (Å²) in [4.78, 5) is 12.4. The monoisotopic (exact) mass is 334 g/mol. The van der Waals surface area contributed by atoms with Crippen molar-refractivity contribution in [2.45, 2.75) is 37.8 Å². The van der Waals surface area contributed by atoms with Gasteiger partial charge in [-0.2, -0.15) is 0 Å². The van der Waals surface area contributed by atoms with Crippen molar-refractivity contribution in [1.29, 1.82) is 0 Å². The number of carbonyl (C=O) groups excluding carboxylic acids is 1. The molecule has 124 valence electrons. The summed E-state index contributed by atoms with van der Waals surface area (Å²) >= 11 is 0. The van der Waals surface area contributed by atoms with E-state index in [1.54, 1.807) is 7.11 Å². The Morgan fingerprint density at radius 3 is 2.61 bits per heavy atom. The molecule has 2 aromatic carbocycles. The van der Waals surface area contributed by atoms with Crippen molar-refractivity contribution >= 4 is 29.1 Å². The molecule has 0 bridgehead atoms. The molecule has 0 unspecified atom stereocenters. The van der Waals surface area contributed by atoms with E-state index in [-0.39, 0.29) is 18.3 Å². The highest BCUT2D eigenvalue weighted by atomic mass is 35.5. The van der Waals surface area contributed by atoms with Crippen LogP contribution in [0, 0.1) is 0 Å². The van der Waals surface area contributed by atoms with Crippen molar-refractivity contribution in [3.63, 3.8) is 0 Å². The summed E-state index contributed by atoms with van der Waals surface area (Å²) in [6.07, 6.45) is 3.60. The lowest BCUT2D eigenvalue weighted by Gasteiger charge is -2.23. The van der Waals surface area contributed by atoms with Crippen LogP contribution >= 0.6 is 12.4 Å². The van der Waals surface area contributed by atoms with Gasteiger partial charge in [0.25, 0.3) is 0 Å². The molecule has 1 amide bonds. The van der Waals surface area contributed by atoms with Gasteiger partial charge in [0.1, 0.15) is 5.75 Å². The number of halogens is 1. The Morgan fingerprint density at radius 1 is 1.22 bits per heavy atom. The highest BCUT2D eigenvalue weighted by Gasteiger charge is 2.36. The second-order valence-corrected chi connectivity index (χ2v) is 6.01. The van der Waals surface area contributed by atoms with E-state index in [4.69, 9.17) is 10.5 Å². The van der Waals surface area contributed by atoms with Crippen molar-refractivity contribution < 1.29 is 9.53 Å². The molecule has 0 aromatic heterocycles. The zero-order chi connectivity index (χ0) is 15.6. The summed E-state index contributed by atoms with van der Waals surface area (Å²) in [6.45, 7) is 0.433. The highest BCUT2D eigenvalue weighted by Crippen LogP contribution is 2.29. The van der Waals surface area contributed by atoms with E-state index >= 15 is 0 Å². The summed E-state index contributed by atoms with van der Waals surface area (Å²) in [5.74, 6) is 0.733. The number of ether oxygens (including phenoxy) is 1. The Balaban J connectivity index is 0.00000192. The van der Waals surface area contributed by atoms with Gasteiger partial charge < -0.3 is 15.8 Å². The van der Waals surface area contributed by atoms with Crippen LogP contribution < -0.4 is 15.8 Å².